The van der Waals surface area contributed by atoms with Gasteiger partial charge in [0.15, 0.2) is 0 Å². The van der Waals surface area contributed by atoms with Crippen molar-refractivity contribution in [3.05, 3.63) is 35.4 Å². The van der Waals surface area contributed by atoms with Gasteiger partial charge in [-0.25, -0.2) is 0 Å². The molecule has 1 amide bonds. The Morgan fingerprint density at radius 1 is 1.39 bits per heavy atom. The Kier molecular flexibility index (Phi) is 4.36. The second-order valence-corrected chi connectivity index (χ2v) is 3.57. The van der Waals surface area contributed by atoms with E-state index < -0.39 is 17.6 Å². The highest BCUT2D eigenvalue weighted by Gasteiger charge is 2.31. The van der Waals surface area contributed by atoms with Crippen molar-refractivity contribution in [3.8, 4) is 5.75 Å². The highest BCUT2D eigenvalue weighted by molar-refractivity contribution is 5.76. The zero-order valence-electron chi connectivity index (χ0n) is 9.62. The summed E-state index contributed by atoms with van der Waals surface area (Å²) in [5.74, 6) is -0.450. The van der Waals surface area contributed by atoms with E-state index in [4.69, 9.17) is 10.5 Å². The smallest absolute Gasteiger partial charge is 0.416 e. The molecule has 0 unspecified atom stereocenters. The van der Waals surface area contributed by atoms with Gasteiger partial charge in [0.25, 0.3) is 0 Å². The number of amides is 1. The van der Waals surface area contributed by atoms with Gasteiger partial charge in [0.05, 0.1) is 12.7 Å². The third kappa shape index (κ3) is 4.12. The number of halogens is 3. The second kappa shape index (κ2) is 5.57. The number of alkyl halides is 3. The molecule has 0 aliphatic heterocycles. The fourth-order valence-electron chi connectivity index (χ4n) is 1.31. The van der Waals surface area contributed by atoms with Gasteiger partial charge in [0.1, 0.15) is 5.75 Å². The van der Waals surface area contributed by atoms with Crippen LogP contribution in [0.25, 0.3) is 6.08 Å². The van der Waals surface area contributed by atoms with Gasteiger partial charge in [-0.2, -0.15) is 13.2 Å². The molecule has 0 radical (unpaired) electrons. The number of rotatable bonds is 4. The van der Waals surface area contributed by atoms with E-state index in [9.17, 15) is 18.0 Å². The Bertz CT molecular complexity index is 467. The van der Waals surface area contributed by atoms with Crippen molar-refractivity contribution >= 4 is 12.0 Å². The van der Waals surface area contributed by atoms with Crippen molar-refractivity contribution < 1.29 is 22.7 Å². The highest BCUT2D eigenvalue weighted by atomic mass is 19.4. The topological polar surface area (TPSA) is 52.3 Å². The molecule has 0 saturated heterocycles. The van der Waals surface area contributed by atoms with Gasteiger partial charge in [-0.3, -0.25) is 4.79 Å². The van der Waals surface area contributed by atoms with Crippen LogP contribution in [0, 0.1) is 0 Å². The number of carbonyl (C=O) groups excluding carboxylic acids is 1. The molecule has 0 aliphatic rings. The second-order valence-electron chi connectivity index (χ2n) is 3.57. The summed E-state index contributed by atoms with van der Waals surface area (Å²) in [6.45, 7) is 0. The van der Waals surface area contributed by atoms with Gasteiger partial charge < -0.3 is 10.5 Å². The maximum Gasteiger partial charge on any atom is 0.416 e. The van der Waals surface area contributed by atoms with Crippen LogP contribution in [0.5, 0.6) is 5.75 Å². The Labute approximate surface area is 102 Å². The molecule has 6 heteroatoms. The molecule has 0 aliphatic carbocycles. The summed E-state index contributed by atoms with van der Waals surface area (Å²) in [6, 6.07) is 3.32. The van der Waals surface area contributed by atoms with Crippen molar-refractivity contribution in [2.45, 2.75) is 12.6 Å². The van der Waals surface area contributed by atoms with Gasteiger partial charge in [0, 0.05) is 6.42 Å². The molecule has 98 valence electrons. The summed E-state index contributed by atoms with van der Waals surface area (Å²) in [6.07, 6.45) is -1.68. The lowest BCUT2D eigenvalue weighted by Gasteiger charge is -2.10. The number of benzene rings is 1. The first kappa shape index (κ1) is 14.1. The fraction of sp³-hybridized carbons (Fsp3) is 0.250. The quantitative estimate of drug-likeness (QED) is 0.903. The molecule has 3 nitrogen and oxygen atoms in total. The minimum Gasteiger partial charge on any atom is -0.497 e. The monoisotopic (exact) mass is 259 g/mol. The molecule has 2 N–H and O–H groups in total. The number of hydrogen-bond acceptors (Lipinski definition) is 2. The molecule has 0 saturated carbocycles. The molecule has 0 aromatic heterocycles. The zero-order chi connectivity index (χ0) is 13.8. The number of carbonyl (C=O) groups is 1. The zero-order valence-corrected chi connectivity index (χ0v) is 9.62. The van der Waals surface area contributed by atoms with Crippen LogP contribution in [-0.2, 0) is 11.0 Å². The van der Waals surface area contributed by atoms with Gasteiger partial charge in [0.2, 0.25) is 5.91 Å². The molecule has 1 rings (SSSR count). The van der Waals surface area contributed by atoms with Crippen LogP contribution in [-0.4, -0.2) is 13.0 Å². The van der Waals surface area contributed by atoms with E-state index in [1.807, 2.05) is 0 Å². The number of methoxy groups -OCH3 is 1. The Morgan fingerprint density at radius 2 is 2.06 bits per heavy atom. The molecule has 0 atom stereocenters. The molecule has 0 fully saturated rings. The van der Waals surface area contributed by atoms with Gasteiger partial charge in [-0.15, -0.1) is 0 Å². The standard InChI is InChI=1S/C12H12F3NO2/c1-18-10-6-8(3-2-4-11(16)17)5-9(7-10)12(13,14)15/h2-3,5-7H,4H2,1H3,(H2,16,17). The molecule has 0 heterocycles. The van der Waals surface area contributed by atoms with E-state index in [-0.39, 0.29) is 12.2 Å². The van der Waals surface area contributed by atoms with Crippen molar-refractivity contribution in [1.82, 2.24) is 0 Å². The van der Waals surface area contributed by atoms with Crippen LogP contribution in [0.4, 0.5) is 13.2 Å². The van der Waals surface area contributed by atoms with Crippen molar-refractivity contribution in [1.29, 1.82) is 0 Å². The SMILES string of the molecule is COc1cc(C=CCC(N)=O)cc(C(F)(F)F)c1. The molecule has 0 bridgehead atoms. The van der Waals surface area contributed by atoms with E-state index >= 15 is 0 Å². The van der Waals surface area contributed by atoms with Crippen LogP contribution in [0.2, 0.25) is 0 Å². The molecule has 0 spiro atoms. The van der Waals surface area contributed by atoms with Crippen LogP contribution < -0.4 is 10.5 Å². The Hall–Kier alpha value is -1.98. The van der Waals surface area contributed by atoms with Crippen LogP contribution in [0.1, 0.15) is 17.5 Å². The van der Waals surface area contributed by atoms with E-state index in [1.165, 1.54) is 25.3 Å². The van der Waals surface area contributed by atoms with Gasteiger partial charge in [-0.05, 0) is 23.8 Å². The maximum atomic E-state index is 12.6. The molecular formula is C12H12F3NO2. The first-order chi connectivity index (χ1) is 8.32. The molecule has 18 heavy (non-hydrogen) atoms. The summed E-state index contributed by atoms with van der Waals surface area (Å²) in [7, 11) is 1.28. The predicted octanol–water partition coefficient (Wildman–Crippen LogP) is 2.60. The van der Waals surface area contributed by atoms with Crippen LogP contribution in [0.3, 0.4) is 0 Å². The Balaban J connectivity index is 3.05. The summed E-state index contributed by atoms with van der Waals surface area (Å²) in [4.78, 5) is 10.5. The number of nitrogens with two attached hydrogens (primary N) is 1. The lowest BCUT2D eigenvalue weighted by Crippen LogP contribution is -2.08. The summed E-state index contributed by atoms with van der Waals surface area (Å²) in [5, 5.41) is 0. The number of hydrogen-bond donors (Lipinski definition) is 1. The third-order valence-corrected chi connectivity index (χ3v) is 2.12. The molecule has 1 aromatic rings. The Morgan fingerprint density at radius 3 is 2.56 bits per heavy atom. The third-order valence-electron chi connectivity index (χ3n) is 2.12. The minimum atomic E-state index is -4.44. The number of ether oxygens (including phenoxy) is 1. The van der Waals surface area contributed by atoms with Crippen molar-refractivity contribution in [3.63, 3.8) is 0 Å². The summed E-state index contributed by atoms with van der Waals surface area (Å²) in [5.41, 5.74) is 4.41. The first-order valence-electron chi connectivity index (χ1n) is 5.04. The van der Waals surface area contributed by atoms with Crippen molar-refractivity contribution in [2.24, 2.45) is 5.73 Å². The first-order valence-corrected chi connectivity index (χ1v) is 5.04. The largest absolute Gasteiger partial charge is 0.497 e. The van der Waals surface area contributed by atoms with E-state index in [2.05, 4.69) is 0 Å². The van der Waals surface area contributed by atoms with E-state index in [0.29, 0.717) is 5.56 Å². The summed E-state index contributed by atoms with van der Waals surface area (Å²) >= 11 is 0. The van der Waals surface area contributed by atoms with Crippen LogP contribution >= 0.6 is 0 Å². The average molecular weight is 259 g/mol. The van der Waals surface area contributed by atoms with E-state index in [0.717, 1.165) is 12.1 Å². The summed E-state index contributed by atoms with van der Waals surface area (Å²) < 4.78 is 42.5. The molecule has 1 aromatic carbocycles. The highest BCUT2D eigenvalue weighted by Crippen LogP contribution is 2.32. The predicted molar refractivity (Wildman–Crippen MR) is 60.8 cm³/mol. The lowest BCUT2D eigenvalue weighted by molar-refractivity contribution is -0.137. The number of primary amides is 1. The van der Waals surface area contributed by atoms with Gasteiger partial charge >= 0.3 is 6.18 Å². The van der Waals surface area contributed by atoms with Crippen LogP contribution in [0.15, 0.2) is 24.3 Å². The fourth-order valence-corrected chi connectivity index (χ4v) is 1.31. The maximum absolute atomic E-state index is 12.6. The average Bonchev–Trinajstić information content (AvgIpc) is 2.27. The minimum absolute atomic E-state index is 0.0292. The van der Waals surface area contributed by atoms with Crippen molar-refractivity contribution in [2.75, 3.05) is 7.11 Å². The molecular weight excluding hydrogens is 247 g/mol. The van der Waals surface area contributed by atoms with Gasteiger partial charge in [-0.1, -0.05) is 12.2 Å². The van der Waals surface area contributed by atoms with E-state index in [1.54, 1.807) is 0 Å². The normalized spacial score (nSPS) is 11.8. The lowest BCUT2D eigenvalue weighted by atomic mass is 10.1.